The van der Waals surface area contributed by atoms with Gasteiger partial charge < -0.3 is 10.0 Å². The summed E-state index contributed by atoms with van der Waals surface area (Å²) in [6.45, 7) is 0.372. The van der Waals surface area contributed by atoms with E-state index in [2.05, 4.69) is 0 Å². The number of hydrogen-bond acceptors (Lipinski definition) is 4. The second-order valence-corrected chi connectivity index (χ2v) is 4.41. The van der Waals surface area contributed by atoms with Gasteiger partial charge in [0.15, 0.2) is 0 Å². The molecule has 1 unspecified atom stereocenters. The van der Waals surface area contributed by atoms with Crippen LogP contribution in [0.25, 0.3) is 0 Å². The molecule has 1 saturated heterocycles. The fraction of sp³-hybridized carbons (Fsp3) is 0.308. The SMILES string of the molecule is O=C(O)C1CCC(=C[N+](=O)[O-])N1Cc1ccccc1. The molecule has 6 nitrogen and oxygen atoms in total. The summed E-state index contributed by atoms with van der Waals surface area (Å²) in [5.41, 5.74) is 1.41. The van der Waals surface area contributed by atoms with Crippen LogP contribution in [0.3, 0.4) is 0 Å². The standard InChI is InChI=1S/C13H14N2O4/c16-13(17)12-7-6-11(9-15(18)19)14(12)8-10-4-2-1-3-5-10/h1-5,9,12H,6-8H2,(H,16,17). The highest BCUT2D eigenvalue weighted by Crippen LogP contribution is 2.29. The molecule has 2 rings (SSSR count). The van der Waals surface area contributed by atoms with E-state index in [0.717, 1.165) is 11.8 Å². The van der Waals surface area contributed by atoms with Crippen LogP contribution in [0.15, 0.2) is 42.2 Å². The number of benzene rings is 1. The lowest BCUT2D eigenvalue weighted by Crippen LogP contribution is -2.34. The predicted molar refractivity (Wildman–Crippen MR) is 67.7 cm³/mol. The Kier molecular flexibility index (Phi) is 3.79. The van der Waals surface area contributed by atoms with Gasteiger partial charge in [0, 0.05) is 6.54 Å². The van der Waals surface area contributed by atoms with Gasteiger partial charge in [-0.25, -0.2) is 4.79 Å². The first-order chi connectivity index (χ1) is 9.08. The summed E-state index contributed by atoms with van der Waals surface area (Å²) < 4.78 is 0. The minimum Gasteiger partial charge on any atom is -0.480 e. The molecule has 6 heteroatoms. The summed E-state index contributed by atoms with van der Waals surface area (Å²) in [5, 5.41) is 19.8. The third-order valence-electron chi connectivity index (χ3n) is 3.15. The van der Waals surface area contributed by atoms with Gasteiger partial charge in [-0.2, -0.15) is 0 Å². The van der Waals surface area contributed by atoms with Crippen molar-refractivity contribution in [3.05, 3.63) is 57.9 Å². The van der Waals surface area contributed by atoms with Crippen LogP contribution >= 0.6 is 0 Å². The summed E-state index contributed by atoms with van der Waals surface area (Å²) >= 11 is 0. The average molecular weight is 262 g/mol. The van der Waals surface area contributed by atoms with Crippen LogP contribution < -0.4 is 0 Å². The molecule has 0 saturated carbocycles. The van der Waals surface area contributed by atoms with Gasteiger partial charge in [-0.05, 0) is 18.4 Å². The van der Waals surface area contributed by atoms with Crippen LogP contribution in [0.4, 0.5) is 0 Å². The number of allylic oxidation sites excluding steroid dienone is 1. The van der Waals surface area contributed by atoms with E-state index < -0.39 is 16.9 Å². The summed E-state index contributed by atoms with van der Waals surface area (Å²) in [6.07, 6.45) is 1.73. The fourth-order valence-corrected chi connectivity index (χ4v) is 2.29. The number of likely N-dealkylation sites (tertiary alicyclic amines) is 1. The molecule has 1 aromatic rings. The Labute approximate surface area is 110 Å². The lowest BCUT2D eigenvalue weighted by molar-refractivity contribution is -0.404. The van der Waals surface area contributed by atoms with Gasteiger partial charge in [-0.1, -0.05) is 30.3 Å². The van der Waals surface area contributed by atoms with Gasteiger partial charge in [0.1, 0.15) is 6.04 Å². The molecular weight excluding hydrogens is 248 g/mol. The van der Waals surface area contributed by atoms with Crippen LogP contribution in [0.5, 0.6) is 0 Å². The molecule has 0 aliphatic carbocycles. The molecule has 0 bridgehead atoms. The minimum absolute atomic E-state index is 0.372. The molecule has 1 aliphatic rings. The normalized spacial score (nSPS) is 20.7. The quantitative estimate of drug-likeness (QED) is 0.661. The van der Waals surface area contributed by atoms with Crippen molar-refractivity contribution < 1.29 is 14.8 Å². The summed E-state index contributed by atoms with van der Waals surface area (Å²) in [6, 6.07) is 8.65. The van der Waals surface area contributed by atoms with E-state index in [1.54, 1.807) is 4.90 Å². The maximum Gasteiger partial charge on any atom is 0.326 e. The van der Waals surface area contributed by atoms with E-state index in [9.17, 15) is 20.0 Å². The molecule has 1 atom stereocenters. The fourth-order valence-electron chi connectivity index (χ4n) is 2.29. The van der Waals surface area contributed by atoms with E-state index in [4.69, 9.17) is 0 Å². The summed E-state index contributed by atoms with van der Waals surface area (Å²) in [7, 11) is 0. The second kappa shape index (κ2) is 5.51. The summed E-state index contributed by atoms with van der Waals surface area (Å²) in [4.78, 5) is 22.8. The molecule has 0 spiro atoms. The minimum atomic E-state index is -0.942. The average Bonchev–Trinajstić information content (AvgIpc) is 2.73. The Bertz CT molecular complexity index is 513. The van der Waals surface area contributed by atoms with Crippen molar-refractivity contribution in [3.63, 3.8) is 0 Å². The first kappa shape index (κ1) is 13.1. The zero-order valence-electron chi connectivity index (χ0n) is 10.2. The maximum absolute atomic E-state index is 11.2. The van der Waals surface area contributed by atoms with Gasteiger partial charge in [0.2, 0.25) is 0 Å². The van der Waals surface area contributed by atoms with Crippen molar-refractivity contribution in [2.24, 2.45) is 0 Å². The van der Waals surface area contributed by atoms with Crippen molar-refractivity contribution in [2.45, 2.75) is 25.4 Å². The van der Waals surface area contributed by atoms with Gasteiger partial charge in [0.05, 0.1) is 10.6 Å². The Morgan fingerprint density at radius 2 is 2.16 bits per heavy atom. The number of carboxylic acid groups (broad SMARTS) is 1. The lowest BCUT2D eigenvalue weighted by atomic mass is 10.2. The first-order valence-electron chi connectivity index (χ1n) is 5.95. The van der Waals surface area contributed by atoms with Crippen molar-refractivity contribution in [2.75, 3.05) is 0 Å². The lowest BCUT2D eigenvalue weighted by Gasteiger charge is -2.24. The smallest absolute Gasteiger partial charge is 0.326 e. The molecule has 0 amide bonds. The highest BCUT2D eigenvalue weighted by atomic mass is 16.6. The molecule has 1 N–H and O–H groups in total. The zero-order chi connectivity index (χ0) is 13.8. The molecule has 19 heavy (non-hydrogen) atoms. The topological polar surface area (TPSA) is 83.7 Å². The van der Waals surface area contributed by atoms with Crippen molar-refractivity contribution >= 4 is 5.97 Å². The third-order valence-corrected chi connectivity index (χ3v) is 3.15. The Morgan fingerprint density at radius 1 is 1.47 bits per heavy atom. The molecule has 1 heterocycles. The van der Waals surface area contributed by atoms with E-state index in [-0.39, 0.29) is 0 Å². The molecule has 1 aromatic carbocycles. The Morgan fingerprint density at radius 3 is 2.74 bits per heavy atom. The Balaban J connectivity index is 2.24. The van der Waals surface area contributed by atoms with Crippen molar-refractivity contribution in [3.8, 4) is 0 Å². The molecular formula is C13H14N2O4. The molecule has 1 fully saturated rings. The molecule has 0 aromatic heterocycles. The van der Waals surface area contributed by atoms with E-state index in [1.807, 2.05) is 30.3 Å². The van der Waals surface area contributed by atoms with Gasteiger partial charge in [-0.3, -0.25) is 10.1 Å². The molecule has 1 aliphatic heterocycles. The first-order valence-corrected chi connectivity index (χ1v) is 5.95. The zero-order valence-corrected chi connectivity index (χ0v) is 10.2. The van der Waals surface area contributed by atoms with Crippen LogP contribution in [0, 0.1) is 10.1 Å². The number of rotatable bonds is 4. The highest BCUT2D eigenvalue weighted by molar-refractivity contribution is 5.74. The number of hydrogen-bond donors (Lipinski definition) is 1. The molecule has 100 valence electrons. The van der Waals surface area contributed by atoms with E-state index >= 15 is 0 Å². The van der Waals surface area contributed by atoms with Gasteiger partial charge in [0.25, 0.3) is 6.20 Å². The number of carboxylic acids is 1. The number of nitro groups is 1. The van der Waals surface area contributed by atoms with Crippen molar-refractivity contribution in [1.29, 1.82) is 0 Å². The number of carbonyl (C=O) groups is 1. The van der Waals surface area contributed by atoms with Gasteiger partial charge in [-0.15, -0.1) is 0 Å². The van der Waals surface area contributed by atoms with Crippen molar-refractivity contribution in [1.82, 2.24) is 4.90 Å². The van der Waals surface area contributed by atoms with Gasteiger partial charge >= 0.3 is 5.97 Å². The third kappa shape index (κ3) is 3.09. The van der Waals surface area contributed by atoms with E-state index in [0.29, 0.717) is 25.1 Å². The summed E-state index contributed by atoms with van der Waals surface area (Å²) in [5.74, 6) is -0.942. The monoisotopic (exact) mass is 262 g/mol. The number of nitrogens with zero attached hydrogens (tertiary/aromatic N) is 2. The highest BCUT2D eigenvalue weighted by Gasteiger charge is 2.34. The predicted octanol–water partition coefficient (Wildman–Crippen LogP) is 1.85. The van der Waals surface area contributed by atoms with Crippen LogP contribution in [-0.2, 0) is 11.3 Å². The largest absolute Gasteiger partial charge is 0.480 e. The maximum atomic E-state index is 11.2. The van der Waals surface area contributed by atoms with Crippen LogP contribution in [-0.4, -0.2) is 26.9 Å². The second-order valence-electron chi connectivity index (χ2n) is 4.41. The molecule has 0 radical (unpaired) electrons. The van der Waals surface area contributed by atoms with Crippen LogP contribution in [0.1, 0.15) is 18.4 Å². The Hall–Kier alpha value is -2.37. The number of aliphatic carboxylic acids is 1. The van der Waals surface area contributed by atoms with Crippen LogP contribution in [0.2, 0.25) is 0 Å². The van der Waals surface area contributed by atoms with E-state index in [1.165, 1.54) is 0 Å².